The lowest BCUT2D eigenvalue weighted by Crippen LogP contribution is -2.14. The number of nitrogens with two attached hydrogens (primary N) is 1. The molecule has 0 aliphatic carbocycles. The van der Waals surface area contributed by atoms with Crippen LogP contribution in [0.4, 0.5) is 10.8 Å². The SMILES string of the molecule is CCCS(=O)(=O)c1c(N)nsc1NCCC1CCCO1. The predicted octanol–water partition coefficient (Wildman–Crippen LogP) is 1.89. The van der Waals surface area contributed by atoms with Crippen LogP contribution in [0.25, 0.3) is 0 Å². The number of nitrogens with zero attached hydrogens (tertiary/aromatic N) is 1. The average Bonchev–Trinajstić information content (AvgIpc) is 2.99. The highest BCUT2D eigenvalue weighted by Gasteiger charge is 2.25. The number of sulfone groups is 1. The first-order valence-electron chi connectivity index (χ1n) is 6.88. The summed E-state index contributed by atoms with van der Waals surface area (Å²) in [5, 5.41) is 3.69. The number of nitrogens with one attached hydrogen (secondary N) is 1. The Morgan fingerprint density at radius 1 is 1.55 bits per heavy atom. The van der Waals surface area contributed by atoms with Crippen LogP contribution >= 0.6 is 11.5 Å². The van der Waals surface area contributed by atoms with E-state index in [1.165, 1.54) is 0 Å². The van der Waals surface area contributed by atoms with E-state index < -0.39 is 9.84 Å². The standard InChI is InChI=1S/C12H21N3O3S2/c1-2-8-20(16,17)10-11(13)15-19-12(10)14-6-5-9-4-3-7-18-9/h9,14H,2-8H2,1H3,(H2,13,15). The molecule has 8 heteroatoms. The van der Waals surface area contributed by atoms with Crippen LogP contribution in [0.15, 0.2) is 4.90 Å². The Hall–Kier alpha value is -0.860. The number of hydrogen-bond donors (Lipinski definition) is 2. The number of nitrogen functional groups attached to an aromatic ring is 1. The Balaban J connectivity index is 2.01. The molecule has 0 bridgehead atoms. The Kier molecular flexibility index (Phi) is 5.22. The van der Waals surface area contributed by atoms with Crippen LogP contribution in [0, 0.1) is 0 Å². The van der Waals surface area contributed by atoms with Crippen LogP contribution in [0.3, 0.4) is 0 Å². The molecule has 20 heavy (non-hydrogen) atoms. The maximum Gasteiger partial charge on any atom is 0.185 e. The highest BCUT2D eigenvalue weighted by molar-refractivity contribution is 7.91. The van der Waals surface area contributed by atoms with Gasteiger partial charge in [0.15, 0.2) is 15.7 Å². The maximum absolute atomic E-state index is 12.2. The number of rotatable bonds is 7. The maximum atomic E-state index is 12.2. The molecule has 1 aliphatic rings. The van der Waals surface area contributed by atoms with E-state index in [9.17, 15) is 8.42 Å². The molecule has 114 valence electrons. The van der Waals surface area contributed by atoms with Crippen molar-refractivity contribution in [1.29, 1.82) is 0 Å². The van der Waals surface area contributed by atoms with Gasteiger partial charge in [-0.1, -0.05) is 6.92 Å². The molecular formula is C12H21N3O3S2. The summed E-state index contributed by atoms with van der Waals surface area (Å²) < 4.78 is 33.9. The molecule has 1 aromatic rings. The van der Waals surface area contributed by atoms with E-state index in [1.807, 2.05) is 6.92 Å². The van der Waals surface area contributed by atoms with Crippen molar-refractivity contribution in [3.63, 3.8) is 0 Å². The summed E-state index contributed by atoms with van der Waals surface area (Å²) >= 11 is 1.11. The molecule has 0 radical (unpaired) electrons. The Labute approximate surface area is 123 Å². The Morgan fingerprint density at radius 3 is 3.00 bits per heavy atom. The first-order chi connectivity index (χ1) is 9.54. The van der Waals surface area contributed by atoms with Crippen LogP contribution in [0.5, 0.6) is 0 Å². The van der Waals surface area contributed by atoms with E-state index in [4.69, 9.17) is 10.5 Å². The van der Waals surface area contributed by atoms with Crippen LogP contribution in [-0.4, -0.2) is 37.8 Å². The summed E-state index contributed by atoms with van der Waals surface area (Å²) in [6, 6.07) is 0. The van der Waals surface area contributed by atoms with Gasteiger partial charge in [-0.15, -0.1) is 0 Å². The van der Waals surface area contributed by atoms with Crippen LogP contribution < -0.4 is 11.1 Å². The van der Waals surface area contributed by atoms with E-state index in [-0.39, 0.29) is 22.6 Å². The molecule has 2 heterocycles. The van der Waals surface area contributed by atoms with Gasteiger partial charge in [-0.25, -0.2) is 8.42 Å². The van der Waals surface area contributed by atoms with E-state index in [0.717, 1.165) is 37.4 Å². The lowest BCUT2D eigenvalue weighted by atomic mass is 10.2. The van der Waals surface area contributed by atoms with Crippen molar-refractivity contribution in [3.05, 3.63) is 0 Å². The minimum Gasteiger partial charge on any atom is -0.382 e. The van der Waals surface area contributed by atoms with Crippen molar-refractivity contribution in [3.8, 4) is 0 Å². The third-order valence-electron chi connectivity index (χ3n) is 3.23. The molecule has 1 fully saturated rings. The molecule has 1 aliphatic heterocycles. The molecule has 0 saturated carbocycles. The minimum absolute atomic E-state index is 0.0933. The summed E-state index contributed by atoms with van der Waals surface area (Å²) in [7, 11) is -3.35. The third kappa shape index (κ3) is 3.62. The summed E-state index contributed by atoms with van der Waals surface area (Å²) in [6.07, 6.45) is 3.89. The van der Waals surface area contributed by atoms with E-state index in [0.29, 0.717) is 18.0 Å². The molecule has 3 N–H and O–H groups in total. The fourth-order valence-corrected chi connectivity index (χ4v) is 4.94. The monoisotopic (exact) mass is 319 g/mol. The molecular weight excluding hydrogens is 298 g/mol. The summed E-state index contributed by atoms with van der Waals surface area (Å²) in [4.78, 5) is 0.164. The van der Waals surface area contributed by atoms with Crippen molar-refractivity contribution in [2.24, 2.45) is 0 Å². The van der Waals surface area contributed by atoms with Crippen molar-refractivity contribution < 1.29 is 13.2 Å². The number of anilines is 2. The quantitative estimate of drug-likeness (QED) is 0.797. The van der Waals surface area contributed by atoms with Gasteiger partial charge < -0.3 is 15.8 Å². The molecule has 6 nitrogen and oxygen atoms in total. The second-order valence-corrected chi connectivity index (χ2v) is 7.71. The zero-order valence-electron chi connectivity index (χ0n) is 11.6. The molecule has 1 aromatic heterocycles. The second-order valence-electron chi connectivity index (χ2n) is 4.90. The number of ether oxygens (including phenoxy) is 1. The number of hydrogen-bond acceptors (Lipinski definition) is 7. The molecule has 1 atom stereocenters. The topological polar surface area (TPSA) is 94.3 Å². The van der Waals surface area contributed by atoms with Gasteiger partial charge in [0.1, 0.15) is 9.90 Å². The van der Waals surface area contributed by atoms with E-state index in [1.54, 1.807) is 0 Å². The average molecular weight is 319 g/mol. The first-order valence-corrected chi connectivity index (χ1v) is 9.30. The molecule has 0 amide bonds. The Bertz CT molecular complexity index is 536. The zero-order valence-corrected chi connectivity index (χ0v) is 13.2. The lowest BCUT2D eigenvalue weighted by molar-refractivity contribution is 0.107. The Morgan fingerprint density at radius 2 is 2.35 bits per heavy atom. The third-order valence-corrected chi connectivity index (χ3v) is 6.16. The normalized spacial score (nSPS) is 19.4. The lowest BCUT2D eigenvalue weighted by Gasteiger charge is -2.11. The van der Waals surface area contributed by atoms with Gasteiger partial charge in [-0.3, -0.25) is 0 Å². The van der Waals surface area contributed by atoms with Gasteiger partial charge in [-0.2, -0.15) is 4.37 Å². The van der Waals surface area contributed by atoms with Crippen LogP contribution in [-0.2, 0) is 14.6 Å². The first kappa shape index (κ1) is 15.5. The molecule has 2 rings (SSSR count). The van der Waals surface area contributed by atoms with Gasteiger partial charge in [0.2, 0.25) is 0 Å². The summed E-state index contributed by atoms with van der Waals surface area (Å²) in [5.41, 5.74) is 5.71. The fraction of sp³-hybridized carbons (Fsp3) is 0.750. The van der Waals surface area contributed by atoms with Crippen molar-refractivity contribution in [2.45, 2.75) is 43.6 Å². The highest BCUT2D eigenvalue weighted by atomic mass is 32.2. The highest BCUT2D eigenvalue weighted by Crippen LogP contribution is 2.32. The fourth-order valence-electron chi connectivity index (χ4n) is 2.30. The predicted molar refractivity (Wildman–Crippen MR) is 81.0 cm³/mol. The van der Waals surface area contributed by atoms with Gasteiger partial charge in [-0.05, 0) is 37.2 Å². The van der Waals surface area contributed by atoms with Crippen LogP contribution in [0.1, 0.15) is 32.6 Å². The largest absolute Gasteiger partial charge is 0.382 e. The zero-order chi connectivity index (χ0) is 14.6. The number of aromatic nitrogens is 1. The molecule has 1 unspecified atom stereocenters. The second kappa shape index (κ2) is 6.73. The van der Waals surface area contributed by atoms with Crippen molar-refractivity contribution in [2.75, 3.05) is 30.0 Å². The van der Waals surface area contributed by atoms with Crippen LogP contribution in [0.2, 0.25) is 0 Å². The minimum atomic E-state index is -3.35. The summed E-state index contributed by atoms with van der Waals surface area (Å²) in [6.45, 7) is 3.33. The van der Waals surface area contributed by atoms with E-state index >= 15 is 0 Å². The van der Waals surface area contributed by atoms with Crippen molar-refractivity contribution in [1.82, 2.24) is 4.37 Å². The van der Waals surface area contributed by atoms with Gasteiger partial charge in [0, 0.05) is 13.2 Å². The molecule has 0 spiro atoms. The molecule has 1 saturated heterocycles. The summed E-state index contributed by atoms with van der Waals surface area (Å²) in [5.74, 6) is 0.193. The smallest absolute Gasteiger partial charge is 0.185 e. The molecule has 0 aromatic carbocycles. The van der Waals surface area contributed by atoms with Gasteiger partial charge >= 0.3 is 0 Å². The van der Waals surface area contributed by atoms with E-state index in [2.05, 4.69) is 9.69 Å². The van der Waals surface area contributed by atoms with Crippen molar-refractivity contribution >= 4 is 32.2 Å². The van der Waals surface area contributed by atoms with Gasteiger partial charge in [0.25, 0.3) is 0 Å². The van der Waals surface area contributed by atoms with Gasteiger partial charge in [0.05, 0.1) is 11.9 Å².